The molecule has 0 heterocycles. The number of carbonyl (C=O) groups is 2. The Hall–Kier alpha value is -2.05. The second-order valence-electron chi connectivity index (χ2n) is 2.66. The summed E-state index contributed by atoms with van der Waals surface area (Å²) in [6.45, 7) is 5.40. The van der Waals surface area contributed by atoms with E-state index in [1.807, 2.05) is 0 Å². The summed E-state index contributed by atoms with van der Waals surface area (Å²) in [5.74, 6) is -2.30. The van der Waals surface area contributed by atoms with Gasteiger partial charge in [0, 0.05) is 17.2 Å². The zero-order valence-electron chi connectivity index (χ0n) is 9.42. The van der Waals surface area contributed by atoms with Crippen LogP contribution in [-0.4, -0.2) is 38.4 Å². The van der Waals surface area contributed by atoms with Crippen molar-refractivity contribution in [2.75, 3.05) is 26.4 Å². The van der Waals surface area contributed by atoms with Gasteiger partial charge in [0.2, 0.25) is 0 Å². The maximum absolute atomic E-state index is 11.0. The lowest BCUT2D eigenvalue weighted by Crippen LogP contribution is -2.22. The molecule has 8 heteroatoms. The number of hydrogen-bond acceptors (Lipinski definition) is 6. The third-order valence-corrected chi connectivity index (χ3v) is 1.39. The lowest BCUT2D eigenvalue weighted by atomic mass is 10.5. The molecule has 0 radical (unpaired) electrons. The largest absolute Gasteiger partial charge is 0.455 e. The van der Waals surface area contributed by atoms with Crippen LogP contribution in [0.25, 0.3) is 10.4 Å². The minimum atomic E-state index is -1.17. The van der Waals surface area contributed by atoms with Crippen LogP contribution >= 0.6 is 0 Å². The molecule has 0 saturated carbocycles. The van der Waals surface area contributed by atoms with E-state index in [4.69, 9.17) is 10.3 Å². The van der Waals surface area contributed by atoms with Gasteiger partial charge < -0.3 is 14.2 Å². The molecule has 0 aromatic carbocycles. The van der Waals surface area contributed by atoms with Crippen molar-refractivity contribution in [2.24, 2.45) is 5.11 Å². The summed E-state index contributed by atoms with van der Waals surface area (Å²) in [6, 6.07) is 0. The average Bonchev–Trinajstić information content (AvgIpc) is 2.31. The van der Waals surface area contributed by atoms with Crippen LogP contribution in [0.15, 0.2) is 17.4 Å². The van der Waals surface area contributed by atoms with Gasteiger partial charge in [-0.25, -0.2) is 9.59 Å². The van der Waals surface area contributed by atoms with Gasteiger partial charge in [-0.1, -0.05) is 11.7 Å². The fourth-order valence-electron chi connectivity index (χ4n) is 0.696. The van der Waals surface area contributed by atoms with Crippen molar-refractivity contribution in [2.45, 2.75) is 6.92 Å². The molecule has 17 heavy (non-hydrogen) atoms. The van der Waals surface area contributed by atoms with Gasteiger partial charge in [-0.15, -0.1) is 0 Å². The topological polar surface area (TPSA) is 111 Å². The highest BCUT2D eigenvalue weighted by Crippen LogP contribution is 1.95. The zero-order chi connectivity index (χ0) is 13.1. The molecule has 0 rings (SSSR count). The minimum Gasteiger partial charge on any atom is -0.455 e. The van der Waals surface area contributed by atoms with E-state index >= 15 is 0 Å². The second kappa shape index (κ2) is 9.20. The molecular weight excluding hydrogens is 230 g/mol. The number of azide groups is 1. The molecule has 0 bridgehead atoms. The summed E-state index contributed by atoms with van der Waals surface area (Å²) in [4.78, 5) is 24.4. The molecule has 0 aromatic rings. The number of carbonyl (C=O) groups excluding carboxylic acids is 2. The van der Waals surface area contributed by atoms with E-state index in [1.54, 1.807) is 6.92 Å². The molecule has 0 spiro atoms. The maximum atomic E-state index is 11.0. The number of ether oxygens (including phenoxy) is 3. The van der Waals surface area contributed by atoms with Gasteiger partial charge in [-0.3, -0.25) is 0 Å². The van der Waals surface area contributed by atoms with Crippen LogP contribution in [-0.2, 0) is 23.8 Å². The van der Waals surface area contributed by atoms with Crippen molar-refractivity contribution in [3.63, 3.8) is 0 Å². The Labute approximate surface area is 97.8 Å². The molecule has 94 valence electrons. The van der Waals surface area contributed by atoms with E-state index < -0.39 is 11.9 Å². The van der Waals surface area contributed by atoms with E-state index in [0.717, 1.165) is 0 Å². The molecule has 0 N–H and O–H groups in total. The van der Waals surface area contributed by atoms with Crippen molar-refractivity contribution in [1.29, 1.82) is 0 Å². The minimum absolute atomic E-state index is 0.0111. The normalized spacial score (nSPS) is 9.00. The van der Waals surface area contributed by atoms with E-state index in [-0.39, 0.29) is 25.5 Å². The van der Waals surface area contributed by atoms with Crippen molar-refractivity contribution in [1.82, 2.24) is 0 Å². The van der Waals surface area contributed by atoms with E-state index in [9.17, 15) is 9.59 Å². The first-order chi connectivity index (χ1) is 8.11. The predicted molar refractivity (Wildman–Crippen MR) is 56.7 cm³/mol. The summed E-state index contributed by atoms with van der Waals surface area (Å²) in [5.41, 5.74) is 8.02. The Morgan fingerprint density at radius 3 is 2.53 bits per heavy atom. The van der Waals surface area contributed by atoms with Gasteiger partial charge in [-0.05, 0) is 12.5 Å². The smallest absolute Gasteiger partial charge is 0.417 e. The first-order valence-corrected chi connectivity index (χ1v) is 4.76. The first kappa shape index (κ1) is 14.9. The molecule has 0 aliphatic rings. The summed E-state index contributed by atoms with van der Waals surface area (Å²) in [7, 11) is 0. The molecular formula is C9H13N3O5. The van der Waals surface area contributed by atoms with Gasteiger partial charge in [-0.2, -0.15) is 0 Å². The molecule has 0 aliphatic heterocycles. The van der Waals surface area contributed by atoms with Crippen molar-refractivity contribution in [3.8, 4) is 0 Å². The van der Waals surface area contributed by atoms with E-state index in [0.29, 0.717) is 6.61 Å². The predicted octanol–water partition coefficient (Wildman–Crippen LogP) is 0.933. The molecule has 0 aliphatic carbocycles. The van der Waals surface area contributed by atoms with Crippen LogP contribution in [0.5, 0.6) is 0 Å². The molecule has 0 saturated heterocycles. The molecule has 0 unspecified atom stereocenters. The first-order valence-electron chi connectivity index (χ1n) is 4.76. The van der Waals surface area contributed by atoms with Crippen molar-refractivity contribution < 1.29 is 23.8 Å². The lowest BCUT2D eigenvalue weighted by molar-refractivity contribution is -0.167. The molecule has 0 fully saturated rings. The molecule has 0 aromatic heterocycles. The highest BCUT2D eigenvalue weighted by molar-refractivity contribution is 6.29. The van der Waals surface area contributed by atoms with E-state index in [2.05, 4.69) is 26.1 Å². The van der Waals surface area contributed by atoms with Gasteiger partial charge in [0.05, 0.1) is 6.61 Å². The Morgan fingerprint density at radius 1 is 1.29 bits per heavy atom. The van der Waals surface area contributed by atoms with Crippen molar-refractivity contribution in [3.05, 3.63) is 22.7 Å². The summed E-state index contributed by atoms with van der Waals surface area (Å²) in [5, 5.41) is 3.08. The van der Waals surface area contributed by atoms with Gasteiger partial charge in [0.25, 0.3) is 0 Å². The van der Waals surface area contributed by atoms with Crippen LogP contribution in [0.3, 0.4) is 0 Å². The third kappa shape index (κ3) is 7.83. The van der Waals surface area contributed by atoms with Gasteiger partial charge in [0.15, 0.2) is 0 Å². The SMILES string of the molecule is C=C(COC(=O)C(=O)OCCOCC)N=[N+]=[N-]. The number of hydrogen-bond donors (Lipinski definition) is 0. The zero-order valence-corrected chi connectivity index (χ0v) is 9.42. The monoisotopic (exact) mass is 243 g/mol. The maximum Gasteiger partial charge on any atom is 0.417 e. The Kier molecular flexibility index (Phi) is 8.09. The molecule has 0 atom stereocenters. The fraction of sp³-hybridized carbons (Fsp3) is 0.556. The highest BCUT2D eigenvalue weighted by atomic mass is 16.6. The van der Waals surface area contributed by atoms with Crippen LogP contribution in [0.4, 0.5) is 0 Å². The van der Waals surface area contributed by atoms with Crippen LogP contribution in [0.2, 0.25) is 0 Å². The number of esters is 2. The lowest BCUT2D eigenvalue weighted by Gasteiger charge is -2.05. The van der Waals surface area contributed by atoms with Crippen LogP contribution in [0.1, 0.15) is 6.92 Å². The fourth-order valence-corrected chi connectivity index (χ4v) is 0.696. The summed E-state index contributed by atoms with van der Waals surface area (Å²) in [6.07, 6.45) is 0. The summed E-state index contributed by atoms with van der Waals surface area (Å²) >= 11 is 0. The van der Waals surface area contributed by atoms with E-state index in [1.165, 1.54) is 0 Å². The summed E-state index contributed by atoms with van der Waals surface area (Å²) < 4.78 is 13.9. The Balaban J connectivity index is 3.78. The quantitative estimate of drug-likeness (QED) is 0.165. The van der Waals surface area contributed by atoms with Gasteiger partial charge in [0.1, 0.15) is 13.2 Å². The standard InChI is InChI=1S/C9H13N3O5/c1-3-15-4-5-16-8(13)9(14)17-6-7(2)11-12-10/h2-6H2,1H3. The van der Waals surface area contributed by atoms with Crippen LogP contribution in [0, 0.1) is 0 Å². The number of nitrogens with zero attached hydrogens (tertiary/aromatic N) is 3. The Bertz CT molecular complexity index is 336. The number of rotatable bonds is 7. The average molecular weight is 243 g/mol. The molecule has 8 nitrogen and oxygen atoms in total. The molecule has 0 amide bonds. The van der Waals surface area contributed by atoms with Crippen molar-refractivity contribution >= 4 is 11.9 Å². The van der Waals surface area contributed by atoms with Crippen LogP contribution < -0.4 is 0 Å². The highest BCUT2D eigenvalue weighted by Gasteiger charge is 2.17. The third-order valence-electron chi connectivity index (χ3n) is 1.39. The second-order valence-corrected chi connectivity index (χ2v) is 2.66. The Morgan fingerprint density at radius 2 is 1.94 bits per heavy atom. The van der Waals surface area contributed by atoms with Gasteiger partial charge >= 0.3 is 11.9 Å².